The lowest BCUT2D eigenvalue weighted by atomic mass is 10.1. The quantitative estimate of drug-likeness (QED) is 0.770. The van der Waals surface area contributed by atoms with Gasteiger partial charge in [-0.05, 0) is 29.8 Å². The smallest absolute Gasteiger partial charge is 0.357 e. The summed E-state index contributed by atoms with van der Waals surface area (Å²) in [5.74, 6) is -0.474. The van der Waals surface area contributed by atoms with E-state index in [-0.39, 0.29) is 12.3 Å². The Hall–Kier alpha value is -2.67. The second-order valence-electron chi connectivity index (χ2n) is 3.60. The van der Waals surface area contributed by atoms with Crippen LogP contribution in [-0.2, 0) is 11.3 Å². The number of aromatic nitrogens is 1. The van der Waals surface area contributed by atoms with Crippen molar-refractivity contribution < 1.29 is 9.53 Å². The van der Waals surface area contributed by atoms with Gasteiger partial charge in [0.1, 0.15) is 12.3 Å². The third kappa shape index (κ3) is 2.92. The lowest BCUT2D eigenvalue weighted by Crippen LogP contribution is -2.06. The van der Waals surface area contributed by atoms with Gasteiger partial charge in [-0.3, -0.25) is 0 Å². The Morgan fingerprint density at radius 2 is 2.17 bits per heavy atom. The highest BCUT2D eigenvalue weighted by molar-refractivity contribution is 5.87. The monoisotopic (exact) mass is 238 g/mol. The Morgan fingerprint density at radius 1 is 1.28 bits per heavy atom. The molecule has 0 saturated heterocycles. The highest BCUT2D eigenvalue weighted by Gasteiger charge is 2.07. The molecule has 18 heavy (non-hydrogen) atoms. The molecule has 0 aliphatic rings. The van der Waals surface area contributed by atoms with Crippen LogP contribution in [0.1, 0.15) is 21.6 Å². The van der Waals surface area contributed by atoms with E-state index in [1.54, 1.807) is 42.5 Å². The molecule has 0 aliphatic heterocycles. The van der Waals surface area contributed by atoms with Gasteiger partial charge in [-0.1, -0.05) is 18.2 Å². The largest absolute Gasteiger partial charge is 0.456 e. The SMILES string of the molecule is N#Cc1cccc(COC(=O)c2ccccn2)c1. The van der Waals surface area contributed by atoms with E-state index in [1.807, 2.05) is 6.07 Å². The summed E-state index contributed by atoms with van der Waals surface area (Å²) in [5.41, 5.74) is 1.59. The number of rotatable bonds is 3. The molecule has 0 spiro atoms. The van der Waals surface area contributed by atoms with Gasteiger partial charge in [0.25, 0.3) is 0 Å². The van der Waals surface area contributed by atoms with E-state index < -0.39 is 5.97 Å². The maximum absolute atomic E-state index is 11.6. The number of pyridine rings is 1. The Balaban J connectivity index is 2.00. The second kappa shape index (κ2) is 5.60. The number of carbonyl (C=O) groups excluding carboxylic acids is 1. The molecule has 0 amide bonds. The fraction of sp³-hybridized carbons (Fsp3) is 0.0714. The van der Waals surface area contributed by atoms with Gasteiger partial charge in [0.15, 0.2) is 0 Å². The molecular formula is C14H10N2O2. The Labute approximate surface area is 104 Å². The molecule has 0 atom stereocenters. The molecule has 1 aromatic carbocycles. The lowest BCUT2D eigenvalue weighted by Gasteiger charge is -2.04. The summed E-state index contributed by atoms with van der Waals surface area (Å²) in [5, 5.41) is 8.75. The van der Waals surface area contributed by atoms with Crippen molar-refractivity contribution in [1.29, 1.82) is 5.26 Å². The first-order valence-corrected chi connectivity index (χ1v) is 5.37. The molecule has 2 aromatic rings. The van der Waals surface area contributed by atoms with Crippen molar-refractivity contribution in [2.24, 2.45) is 0 Å². The van der Waals surface area contributed by atoms with Crippen molar-refractivity contribution in [1.82, 2.24) is 4.98 Å². The first kappa shape index (κ1) is 11.8. The van der Waals surface area contributed by atoms with Crippen LogP contribution in [0, 0.1) is 11.3 Å². The lowest BCUT2D eigenvalue weighted by molar-refractivity contribution is 0.0465. The molecule has 2 rings (SSSR count). The highest BCUT2D eigenvalue weighted by atomic mass is 16.5. The maximum atomic E-state index is 11.6. The molecule has 88 valence electrons. The van der Waals surface area contributed by atoms with E-state index in [0.717, 1.165) is 5.56 Å². The van der Waals surface area contributed by atoms with Crippen LogP contribution in [0.3, 0.4) is 0 Å². The zero-order chi connectivity index (χ0) is 12.8. The van der Waals surface area contributed by atoms with Crippen LogP contribution >= 0.6 is 0 Å². The first-order valence-electron chi connectivity index (χ1n) is 5.37. The molecule has 0 unspecified atom stereocenters. The summed E-state index contributed by atoms with van der Waals surface area (Å²) in [6.45, 7) is 0.130. The third-order valence-corrected chi connectivity index (χ3v) is 2.30. The summed E-state index contributed by atoms with van der Waals surface area (Å²) in [6.07, 6.45) is 1.53. The Kier molecular flexibility index (Phi) is 3.67. The number of carbonyl (C=O) groups is 1. The van der Waals surface area contributed by atoms with Crippen LogP contribution in [0.15, 0.2) is 48.7 Å². The minimum atomic E-state index is -0.474. The van der Waals surface area contributed by atoms with Crippen molar-refractivity contribution in [3.63, 3.8) is 0 Å². The van der Waals surface area contributed by atoms with Gasteiger partial charge in [-0.25, -0.2) is 9.78 Å². The molecule has 0 saturated carbocycles. The van der Waals surface area contributed by atoms with E-state index in [1.165, 1.54) is 6.20 Å². The van der Waals surface area contributed by atoms with Gasteiger partial charge in [-0.2, -0.15) is 5.26 Å². The number of ether oxygens (including phenoxy) is 1. The number of hydrogen-bond donors (Lipinski definition) is 0. The van der Waals surface area contributed by atoms with E-state index in [0.29, 0.717) is 5.56 Å². The predicted molar refractivity (Wildman–Crippen MR) is 64.5 cm³/mol. The van der Waals surface area contributed by atoms with E-state index in [4.69, 9.17) is 10.00 Å². The van der Waals surface area contributed by atoms with Crippen LogP contribution in [0.25, 0.3) is 0 Å². The zero-order valence-electron chi connectivity index (χ0n) is 9.54. The summed E-state index contributed by atoms with van der Waals surface area (Å²) < 4.78 is 5.10. The van der Waals surface area contributed by atoms with Crippen molar-refractivity contribution >= 4 is 5.97 Å². The van der Waals surface area contributed by atoms with Gasteiger partial charge >= 0.3 is 5.97 Å². The maximum Gasteiger partial charge on any atom is 0.357 e. The standard InChI is InChI=1S/C14H10N2O2/c15-9-11-4-3-5-12(8-11)10-18-14(17)13-6-1-2-7-16-13/h1-8H,10H2. The van der Waals surface area contributed by atoms with Gasteiger partial charge in [0.05, 0.1) is 11.6 Å². The average Bonchev–Trinajstić information content (AvgIpc) is 2.46. The number of hydrogen-bond acceptors (Lipinski definition) is 4. The summed E-state index contributed by atoms with van der Waals surface area (Å²) in [7, 11) is 0. The molecule has 1 heterocycles. The second-order valence-corrected chi connectivity index (χ2v) is 3.60. The Bertz CT molecular complexity index is 588. The minimum absolute atomic E-state index is 0.130. The summed E-state index contributed by atoms with van der Waals surface area (Å²) >= 11 is 0. The minimum Gasteiger partial charge on any atom is -0.456 e. The fourth-order valence-corrected chi connectivity index (χ4v) is 1.44. The molecule has 0 aliphatic carbocycles. The van der Waals surface area contributed by atoms with E-state index in [2.05, 4.69) is 4.98 Å². The van der Waals surface area contributed by atoms with Crippen LogP contribution in [0.4, 0.5) is 0 Å². The van der Waals surface area contributed by atoms with Crippen LogP contribution in [-0.4, -0.2) is 11.0 Å². The number of nitrogens with zero attached hydrogens (tertiary/aromatic N) is 2. The molecule has 0 radical (unpaired) electrons. The summed E-state index contributed by atoms with van der Waals surface area (Å²) in [6, 6.07) is 14.0. The van der Waals surface area contributed by atoms with Crippen LogP contribution in [0.2, 0.25) is 0 Å². The fourth-order valence-electron chi connectivity index (χ4n) is 1.44. The Morgan fingerprint density at radius 3 is 2.89 bits per heavy atom. The first-order chi connectivity index (χ1) is 8.79. The molecule has 0 N–H and O–H groups in total. The molecule has 4 heteroatoms. The molecule has 1 aromatic heterocycles. The van der Waals surface area contributed by atoms with Crippen molar-refractivity contribution in [3.05, 3.63) is 65.5 Å². The third-order valence-electron chi connectivity index (χ3n) is 2.30. The average molecular weight is 238 g/mol. The molecule has 0 bridgehead atoms. The highest BCUT2D eigenvalue weighted by Crippen LogP contribution is 2.07. The topological polar surface area (TPSA) is 63.0 Å². The number of nitriles is 1. The number of benzene rings is 1. The molecule has 4 nitrogen and oxygen atoms in total. The normalized spacial score (nSPS) is 9.50. The van der Waals surface area contributed by atoms with Gasteiger partial charge in [0.2, 0.25) is 0 Å². The van der Waals surface area contributed by atoms with Crippen LogP contribution in [0.5, 0.6) is 0 Å². The van der Waals surface area contributed by atoms with Crippen molar-refractivity contribution in [2.75, 3.05) is 0 Å². The summed E-state index contributed by atoms with van der Waals surface area (Å²) in [4.78, 5) is 15.5. The zero-order valence-corrected chi connectivity index (χ0v) is 9.54. The number of esters is 1. The van der Waals surface area contributed by atoms with Gasteiger partial charge in [0, 0.05) is 6.20 Å². The predicted octanol–water partition coefficient (Wildman–Crippen LogP) is 2.31. The van der Waals surface area contributed by atoms with Gasteiger partial charge < -0.3 is 4.74 Å². The van der Waals surface area contributed by atoms with Crippen LogP contribution < -0.4 is 0 Å². The van der Waals surface area contributed by atoms with Crippen molar-refractivity contribution in [2.45, 2.75) is 6.61 Å². The van der Waals surface area contributed by atoms with E-state index >= 15 is 0 Å². The molecule has 0 fully saturated rings. The van der Waals surface area contributed by atoms with Gasteiger partial charge in [-0.15, -0.1) is 0 Å². The van der Waals surface area contributed by atoms with Crippen molar-refractivity contribution in [3.8, 4) is 6.07 Å². The van der Waals surface area contributed by atoms with E-state index in [9.17, 15) is 4.79 Å². The molecular weight excluding hydrogens is 228 g/mol.